The van der Waals surface area contributed by atoms with Crippen molar-refractivity contribution in [1.29, 1.82) is 0 Å². The topological polar surface area (TPSA) is 106 Å². The maximum absolute atomic E-state index is 9.76. The summed E-state index contributed by atoms with van der Waals surface area (Å²) < 4.78 is 0. The van der Waals surface area contributed by atoms with Gasteiger partial charge in [-0.1, -0.05) is 0 Å². The highest BCUT2D eigenvalue weighted by Gasteiger charge is 2.07. The number of phenols is 4. The van der Waals surface area contributed by atoms with E-state index in [0.29, 0.717) is 22.6 Å². The predicted octanol–water partition coefficient (Wildman–Crippen LogP) is 2.74. The molecule has 0 radical (unpaired) electrons. The molecule has 0 spiro atoms. The Morgan fingerprint density at radius 3 is 1.36 bits per heavy atom. The van der Waals surface area contributed by atoms with Gasteiger partial charge in [0.15, 0.2) is 0 Å². The molecule has 2 rings (SSSR count). The normalized spacial score (nSPS) is 12.5. The first kappa shape index (κ1) is 15.4. The lowest BCUT2D eigenvalue weighted by atomic mass is 10.1. The van der Waals surface area contributed by atoms with Gasteiger partial charge in [-0.05, 0) is 38.1 Å². The van der Waals surface area contributed by atoms with Crippen LogP contribution >= 0.6 is 0 Å². The van der Waals surface area contributed by atoms with Crippen molar-refractivity contribution in [3.63, 3.8) is 0 Å². The SMILES string of the molecule is CC(=NN=C(C)c1ccc(O)cc1O)c1ccc(O)cc1O. The third-order valence-electron chi connectivity index (χ3n) is 3.09. The molecule has 0 aliphatic carbocycles. The summed E-state index contributed by atoms with van der Waals surface area (Å²) >= 11 is 0. The molecule has 0 aromatic heterocycles. The highest BCUT2D eigenvalue weighted by atomic mass is 16.3. The van der Waals surface area contributed by atoms with E-state index in [4.69, 9.17) is 0 Å². The minimum Gasteiger partial charge on any atom is -0.508 e. The van der Waals surface area contributed by atoms with E-state index in [9.17, 15) is 20.4 Å². The maximum Gasteiger partial charge on any atom is 0.128 e. The molecule has 0 fully saturated rings. The fourth-order valence-corrected chi connectivity index (χ4v) is 1.91. The van der Waals surface area contributed by atoms with Gasteiger partial charge in [-0.3, -0.25) is 0 Å². The van der Waals surface area contributed by atoms with Crippen LogP contribution in [0.15, 0.2) is 46.6 Å². The molecule has 0 aliphatic heterocycles. The second-order valence-electron chi connectivity index (χ2n) is 4.77. The van der Waals surface area contributed by atoms with Crippen LogP contribution in [0.3, 0.4) is 0 Å². The van der Waals surface area contributed by atoms with E-state index in [-0.39, 0.29) is 23.0 Å². The molecular weight excluding hydrogens is 284 g/mol. The van der Waals surface area contributed by atoms with Crippen molar-refractivity contribution in [1.82, 2.24) is 0 Å². The largest absolute Gasteiger partial charge is 0.508 e. The highest BCUT2D eigenvalue weighted by molar-refractivity contribution is 6.04. The van der Waals surface area contributed by atoms with Gasteiger partial charge in [0.2, 0.25) is 0 Å². The zero-order valence-corrected chi connectivity index (χ0v) is 12.1. The van der Waals surface area contributed by atoms with Gasteiger partial charge in [-0.15, -0.1) is 0 Å². The Morgan fingerprint density at radius 1 is 0.682 bits per heavy atom. The summed E-state index contributed by atoms with van der Waals surface area (Å²) in [6.07, 6.45) is 0. The minimum absolute atomic E-state index is 0.0391. The van der Waals surface area contributed by atoms with Gasteiger partial charge < -0.3 is 20.4 Å². The van der Waals surface area contributed by atoms with Gasteiger partial charge in [0, 0.05) is 23.3 Å². The fraction of sp³-hybridized carbons (Fsp3) is 0.125. The number of hydrogen-bond donors (Lipinski definition) is 4. The number of hydrogen-bond acceptors (Lipinski definition) is 6. The van der Waals surface area contributed by atoms with Crippen molar-refractivity contribution >= 4 is 11.4 Å². The molecule has 6 nitrogen and oxygen atoms in total. The predicted molar refractivity (Wildman–Crippen MR) is 84.0 cm³/mol. The van der Waals surface area contributed by atoms with Crippen LogP contribution in [0.2, 0.25) is 0 Å². The van der Waals surface area contributed by atoms with Crippen LogP contribution in [-0.4, -0.2) is 31.8 Å². The molecule has 2 aromatic rings. The molecule has 0 amide bonds. The number of phenolic OH excluding ortho intramolecular Hbond substituents is 4. The zero-order chi connectivity index (χ0) is 16.3. The van der Waals surface area contributed by atoms with Crippen molar-refractivity contribution in [2.45, 2.75) is 13.8 Å². The molecule has 6 heteroatoms. The van der Waals surface area contributed by atoms with Gasteiger partial charge in [-0.25, -0.2) is 0 Å². The molecule has 0 heterocycles. The molecule has 114 valence electrons. The Kier molecular flexibility index (Phi) is 4.31. The van der Waals surface area contributed by atoms with Gasteiger partial charge in [-0.2, -0.15) is 10.2 Å². The lowest BCUT2D eigenvalue weighted by molar-refractivity contribution is 0.448. The molecule has 22 heavy (non-hydrogen) atoms. The standard InChI is InChI=1S/C16H16N2O4/c1-9(13-5-3-11(19)7-15(13)21)17-18-10(2)14-6-4-12(20)8-16(14)22/h3-8,19-22H,1-2H3. The molecule has 0 bridgehead atoms. The van der Waals surface area contributed by atoms with E-state index in [1.165, 1.54) is 36.4 Å². The van der Waals surface area contributed by atoms with Gasteiger partial charge in [0.05, 0.1) is 11.4 Å². The molecule has 0 saturated carbocycles. The summed E-state index contributed by atoms with van der Waals surface area (Å²) in [7, 11) is 0. The van der Waals surface area contributed by atoms with E-state index in [1.54, 1.807) is 13.8 Å². The van der Waals surface area contributed by atoms with Gasteiger partial charge >= 0.3 is 0 Å². The zero-order valence-electron chi connectivity index (χ0n) is 12.1. The van der Waals surface area contributed by atoms with E-state index >= 15 is 0 Å². The smallest absolute Gasteiger partial charge is 0.128 e. The van der Waals surface area contributed by atoms with Gasteiger partial charge in [0.25, 0.3) is 0 Å². The van der Waals surface area contributed by atoms with E-state index < -0.39 is 0 Å². The van der Waals surface area contributed by atoms with Crippen LogP contribution in [0.5, 0.6) is 23.0 Å². The summed E-state index contributed by atoms with van der Waals surface area (Å²) in [5, 5.41) is 46.1. The van der Waals surface area contributed by atoms with E-state index in [0.717, 1.165) is 0 Å². The van der Waals surface area contributed by atoms with Gasteiger partial charge in [0.1, 0.15) is 23.0 Å². The molecule has 4 N–H and O–H groups in total. The monoisotopic (exact) mass is 300 g/mol. The number of aromatic hydroxyl groups is 4. The first-order valence-electron chi connectivity index (χ1n) is 6.52. The van der Waals surface area contributed by atoms with Crippen molar-refractivity contribution in [2.24, 2.45) is 10.2 Å². The lowest BCUT2D eigenvalue weighted by Gasteiger charge is -2.05. The molecule has 0 unspecified atom stereocenters. The Morgan fingerprint density at radius 2 is 1.05 bits per heavy atom. The summed E-state index contributed by atoms with van der Waals surface area (Å²) in [4.78, 5) is 0. The van der Waals surface area contributed by atoms with Crippen LogP contribution in [0, 0.1) is 0 Å². The maximum atomic E-state index is 9.76. The van der Waals surface area contributed by atoms with Crippen molar-refractivity contribution < 1.29 is 20.4 Å². The van der Waals surface area contributed by atoms with Crippen LogP contribution in [0.1, 0.15) is 25.0 Å². The Labute approximate surface area is 127 Å². The van der Waals surface area contributed by atoms with Crippen molar-refractivity contribution in [3.05, 3.63) is 47.5 Å². The van der Waals surface area contributed by atoms with Crippen molar-refractivity contribution in [2.75, 3.05) is 0 Å². The first-order valence-corrected chi connectivity index (χ1v) is 6.52. The number of rotatable bonds is 3. The lowest BCUT2D eigenvalue weighted by Crippen LogP contribution is -1.97. The van der Waals surface area contributed by atoms with E-state index in [1.807, 2.05) is 0 Å². The summed E-state index contributed by atoms with van der Waals surface area (Å²) in [5.74, 6) is -0.270. The second kappa shape index (κ2) is 6.17. The van der Waals surface area contributed by atoms with Crippen LogP contribution in [-0.2, 0) is 0 Å². The number of benzene rings is 2. The Balaban J connectivity index is 2.32. The Hall–Kier alpha value is -3.02. The third kappa shape index (κ3) is 3.35. The van der Waals surface area contributed by atoms with Crippen LogP contribution in [0.25, 0.3) is 0 Å². The first-order chi connectivity index (χ1) is 10.4. The van der Waals surface area contributed by atoms with Crippen molar-refractivity contribution in [3.8, 4) is 23.0 Å². The molecular formula is C16H16N2O4. The minimum atomic E-state index is -0.0958. The number of nitrogens with zero attached hydrogens (tertiary/aromatic N) is 2. The van der Waals surface area contributed by atoms with Crippen LogP contribution < -0.4 is 0 Å². The van der Waals surface area contributed by atoms with Crippen LogP contribution in [0.4, 0.5) is 0 Å². The van der Waals surface area contributed by atoms with E-state index in [2.05, 4.69) is 10.2 Å². The summed E-state index contributed by atoms with van der Waals surface area (Å²) in [6.45, 7) is 3.33. The fourth-order valence-electron chi connectivity index (χ4n) is 1.91. The second-order valence-corrected chi connectivity index (χ2v) is 4.77. The molecule has 0 atom stereocenters. The Bertz CT molecular complexity index is 701. The molecule has 0 aliphatic rings. The average Bonchev–Trinajstić information content (AvgIpc) is 2.44. The summed E-state index contributed by atoms with van der Waals surface area (Å²) in [5.41, 5.74) is 1.80. The average molecular weight is 300 g/mol. The molecule has 2 aromatic carbocycles. The quantitative estimate of drug-likeness (QED) is 0.516. The third-order valence-corrected chi connectivity index (χ3v) is 3.09. The summed E-state index contributed by atoms with van der Waals surface area (Å²) in [6, 6.07) is 8.39. The molecule has 0 saturated heterocycles. The highest BCUT2D eigenvalue weighted by Crippen LogP contribution is 2.24.